The van der Waals surface area contributed by atoms with Crippen LogP contribution in [-0.2, 0) is 14.3 Å². The molecular formula is C19H31NO3. The summed E-state index contributed by atoms with van der Waals surface area (Å²) >= 11 is 0. The zero-order chi connectivity index (χ0) is 17.3. The van der Waals surface area contributed by atoms with Gasteiger partial charge in [0.15, 0.2) is 5.60 Å². The molecule has 0 fully saturated rings. The first-order valence-corrected chi connectivity index (χ1v) is 8.56. The summed E-state index contributed by atoms with van der Waals surface area (Å²) in [4.78, 5) is 14.6. The molecule has 1 atom stereocenters. The Morgan fingerprint density at radius 1 is 1.13 bits per heavy atom. The second-order valence-electron chi connectivity index (χ2n) is 6.10. The van der Waals surface area contributed by atoms with Crippen molar-refractivity contribution in [1.29, 1.82) is 0 Å². The molecule has 1 aromatic rings. The van der Waals surface area contributed by atoms with E-state index >= 15 is 0 Å². The number of nitrogens with zero attached hydrogens (tertiary/aromatic N) is 1. The Hall–Kier alpha value is -1.39. The van der Waals surface area contributed by atoms with Gasteiger partial charge in [-0.05, 0) is 38.9 Å². The molecule has 0 amide bonds. The lowest BCUT2D eigenvalue weighted by Gasteiger charge is -2.29. The quantitative estimate of drug-likeness (QED) is 0.614. The van der Waals surface area contributed by atoms with Gasteiger partial charge in [-0.1, -0.05) is 51.1 Å². The molecule has 0 saturated heterocycles. The van der Waals surface area contributed by atoms with Crippen LogP contribution in [0.1, 0.15) is 52.7 Å². The molecule has 0 aliphatic rings. The van der Waals surface area contributed by atoms with Gasteiger partial charge in [0.2, 0.25) is 0 Å². The Labute approximate surface area is 140 Å². The molecule has 0 spiro atoms. The molecule has 23 heavy (non-hydrogen) atoms. The van der Waals surface area contributed by atoms with Crippen LogP contribution in [-0.4, -0.2) is 42.7 Å². The maximum Gasteiger partial charge on any atom is 0.337 e. The Kier molecular flexibility index (Phi) is 8.28. The van der Waals surface area contributed by atoms with Crippen molar-refractivity contribution in [2.75, 3.05) is 26.2 Å². The summed E-state index contributed by atoms with van der Waals surface area (Å²) < 4.78 is 11.5. The van der Waals surface area contributed by atoms with Crippen LogP contribution in [0.3, 0.4) is 0 Å². The molecule has 4 heteroatoms. The van der Waals surface area contributed by atoms with Crippen molar-refractivity contribution in [3.8, 4) is 0 Å². The maximum atomic E-state index is 12.3. The van der Waals surface area contributed by atoms with E-state index in [4.69, 9.17) is 9.47 Å². The topological polar surface area (TPSA) is 38.8 Å². The summed E-state index contributed by atoms with van der Waals surface area (Å²) in [5, 5.41) is 0. The highest BCUT2D eigenvalue weighted by atomic mass is 16.6. The lowest BCUT2D eigenvalue weighted by molar-refractivity contribution is -0.176. The largest absolute Gasteiger partial charge is 0.462 e. The molecule has 0 radical (unpaired) electrons. The minimum absolute atomic E-state index is 0.110. The standard InChI is InChI=1S/C19H31NO3/c1-6-17(16-12-10-9-11-13-16)23-19(4,5)18(21)22-15-14-20(7-2)8-3/h9-13,17H,6-8,14-15H2,1-5H3. The number of hydrogen-bond acceptors (Lipinski definition) is 4. The monoisotopic (exact) mass is 321 g/mol. The maximum absolute atomic E-state index is 12.3. The minimum atomic E-state index is -0.959. The van der Waals surface area contributed by atoms with Gasteiger partial charge in [0, 0.05) is 6.54 Å². The van der Waals surface area contributed by atoms with E-state index in [1.54, 1.807) is 13.8 Å². The first kappa shape index (κ1) is 19.7. The molecule has 0 aliphatic heterocycles. The van der Waals surface area contributed by atoms with Crippen molar-refractivity contribution >= 4 is 5.97 Å². The highest BCUT2D eigenvalue weighted by Gasteiger charge is 2.33. The Bertz CT molecular complexity index is 455. The van der Waals surface area contributed by atoms with E-state index in [-0.39, 0.29) is 12.1 Å². The highest BCUT2D eigenvalue weighted by Crippen LogP contribution is 2.27. The van der Waals surface area contributed by atoms with Crippen LogP contribution >= 0.6 is 0 Å². The molecular weight excluding hydrogens is 290 g/mol. The Morgan fingerprint density at radius 3 is 2.26 bits per heavy atom. The molecule has 0 N–H and O–H groups in total. The van der Waals surface area contributed by atoms with Crippen molar-refractivity contribution in [2.45, 2.75) is 52.7 Å². The predicted octanol–water partition coefficient (Wildman–Crippen LogP) is 3.82. The zero-order valence-electron chi connectivity index (χ0n) is 15.2. The highest BCUT2D eigenvalue weighted by molar-refractivity contribution is 5.78. The summed E-state index contributed by atoms with van der Waals surface area (Å²) in [6.07, 6.45) is 0.696. The van der Waals surface area contributed by atoms with E-state index < -0.39 is 5.60 Å². The molecule has 1 aromatic carbocycles. The summed E-state index contributed by atoms with van der Waals surface area (Å²) in [5.41, 5.74) is 0.124. The first-order chi connectivity index (χ1) is 10.9. The zero-order valence-corrected chi connectivity index (χ0v) is 15.2. The first-order valence-electron chi connectivity index (χ1n) is 8.56. The lowest BCUT2D eigenvalue weighted by Crippen LogP contribution is -2.39. The lowest BCUT2D eigenvalue weighted by atomic mass is 10.0. The van der Waals surface area contributed by atoms with Crippen LogP contribution in [0.4, 0.5) is 0 Å². The third-order valence-electron chi connectivity index (χ3n) is 4.01. The Morgan fingerprint density at radius 2 is 1.74 bits per heavy atom. The van der Waals surface area contributed by atoms with Gasteiger partial charge in [-0.25, -0.2) is 4.79 Å². The molecule has 0 aliphatic carbocycles. The number of ether oxygens (including phenoxy) is 2. The average molecular weight is 321 g/mol. The molecule has 130 valence electrons. The molecule has 1 rings (SSSR count). The van der Waals surface area contributed by atoms with Gasteiger partial charge in [0.25, 0.3) is 0 Å². The van der Waals surface area contributed by atoms with Gasteiger partial charge in [-0.15, -0.1) is 0 Å². The fraction of sp³-hybridized carbons (Fsp3) is 0.632. The van der Waals surface area contributed by atoms with Gasteiger partial charge in [0.1, 0.15) is 6.61 Å². The van der Waals surface area contributed by atoms with Crippen LogP contribution < -0.4 is 0 Å². The van der Waals surface area contributed by atoms with E-state index in [9.17, 15) is 4.79 Å². The van der Waals surface area contributed by atoms with E-state index in [2.05, 4.69) is 25.7 Å². The van der Waals surface area contributed by atoms with Crippen LogP contribution in [0.15, 0.2) is 30.3 Å². The summed E-state index contributed by atoms with van der Waals surface area (Å²) in [6.45, 7) is 12.9. The van der Waals surface area contributed by atoms with Gasteiger partial charge >= 0.3 is 5.97 Å². The second-order valence-corrected chi connectivity index (χ2v) is 6.10. The van der Waals surface area contributed by atoms with Gasteiger partial charge in [-0.2, -0.15) is 0 Å². The van der Waals surface area contributed by atoms with E-state index in [0.29, 0.717) is 6.61 Å². The molecule has 0 saturated carbocycles. The van der Waals surface area contributed by atoms with Crippen LogP contribution in [0.2, 0.25) is 0 Å². The van der Waals surface area contributed by atoms with Crippen molar-refractivity contribution in [2.24, 2.45) is 0 Å². The van der Waals surface area contributed by atoms with E-state index in [0.717, 1.165) is 31.6 Å². The summed E-state index contributed by atoms with van der Waals surface area (Å²) in [5.74, 6) is -0.306. The molecule has 4 nitrogen and oxygen atoms in total. The average Bonchev–Trinajstić information content (AvgIpc) is 2.57. The normalized spacial score (nSPS) is 13.1. The minimum Gasteiger partial charge on any atom is -0.462 e. The van der Waals surface area contributed by atoms with Crippen LogP contribution in [0.25, 0.3) is 0 Å². The van der Waals surface area contributed by atoms with Crippen molar-refractivity contribution in [1.82, 2.24) is 4.90 Å². The third-order valence-corrected chi connectivity index (χ3v) is 4.01. The smallest absolute Gasteiger partial charge is 0.337 e. The number of carbonyl (C=O) groups excluding carboxylic acids is 1. The van der Waals surface area contributed by atoms with Gasteiger partial charge < -0.3 is 14.4 Å². The number of hydrogen-bond donors (Lipinski definition) is 0. The van der Waals surface area contributed by atoms with Crippen LogP contribution in [0.5, 0.6) is 0 Å². The van der Waals surface area contributed by atoms with Crippen molar-refractivity contribution in [3.05, 3.63) is 35.9 Å². The summed E-state index contributed by atoms with van der Waals surface area (Å²) in [6, 6.07) is 9.99. The molecule has 0 bridgehead atoms. The number of esters is 1. The number of benzene rings is 1. The fourth-order valence-electron chi connectivity index (χ4n) is 2.44. The SMILES string of the molecule is CCC(OC(C)(C)C(=O)OCCN(CC)CC)c1ccccc1. The number of rotatable bonds is 10. The van der Waals surface area contributed by atoms with Crippen LogP contribution in [0, 0.1) is 0 Å². The second kappa shape index (κ2) is 9.68. The fourth-order valence-corrected chi connectivity index (χ4v) is 2.44. The van der Waals surface area contributed by atoms with Crippen molar-refractivity contribution in [3.63, 3.8) is 0 Å². The molecule has 1 unspecified atom stereocenters. The number of carbonyl (C=O) groups is 1. The van der Waals surface area contributed by atoms with Crippen molar-refractivity contribution < 1.29 is 14.3 Å². The third kappa shape index (κ3) is 6.32. The Balaban J connectivity index is 2.57. The van der Waals surface area contributed by atoms with Gasteiger partial charge in [-0.3, -0.25) is 0 Å². The predicted molar refractivity (Wildman–Crippen MR) is 93.4 cm³/mol. The van der Waals surface area contributed by atoms with E-state index in [1.807, 2.05) is 30.3 Å². The molecule has 0 heterocycles. The van der Waals surface area contributed by atoms with Gasteiger partial charge in [0.05, 0.1) is 6.10 Å². The number of likely N-dealkylation sites (N-methyl/N-ethyl adjacent to an activating group) is 1. The van der Waals surface area contributed by atoms with E-state index in [1.165, 1.54) is 0 Å². The summed E-state index contributed by atoms with van der Waals surface area (Å²) in [7, 11) is 0. The molecule has 0 aromatic heterocycles.